The molecule has 0 bridgehead atoms. The molecule has 4 rings (SSSR count). The standard InChI is InChI=1S/C17H18FN5S/c18-14-10-17(7-8-23(14)11-20-15-6-3-9-24-15)21-13-5-2-1-4-12(13)16(19)22-17/h1-6,9,11,14,21H,7-8,10H2,(H2,19,22). The van der Waals surface area contributed by atoms with E-state index < -0.39 is 12.0 Å². The van der Waals surface area contributed by atoms with Crippen LogP contribution in [-0.2, 0) is 0 Å². The van der Waals surface area contributed by atoms with Crippen LogP contribution in [0.3, 0.4) is 0 Å². The van der Waals surface area contributed by atoms with Crippen molar-refractivity contribution < 1.29 is 4.39 Å². The number of hydrogen-bond donors (Lipinski definition) is 2. The molecule has 2 aromatic rings. The van der Waals surface area contributed by atoms with E-state index in [-0.39, 0.29) is 6.42 Å². The third kappa shape index (κ3) is 2.75. The van der Waals surface area contributed by atoms with Gasteiger partial charge in [-0.2, -0.15) is 0 Å². The normalized spacial score (nSPS) is 26.3. The Hall–Kier alpha value is -2.41. The first-order valence-electron chi connectivity index (χ1n) is 7.86. The summed E-state index contributed by atoms with van der Waals surface area (Å²) >= 11 is 1.53. The minimum absolute atomic E-state index is 0.235. The van der Waals surface area contributed by atoms with Gasteiger partial charge in [0.2, 0.25) is 0 Å². The molecule has 3 heterocycles. The summed E-state index contributed by atoms with van der Waals surface area (Å²) in [5.41, 5.74) is 7.22. The summed E-state index contributed by atoms with van der Waals surface area (Å²) in [6.07, 6.45) is 1.33. The van der Waals surface area contributed by atoms with Gasteiger partial charge in [0, 0.05) is 30.6 Å². The lowest BCUT2D eigenvalue weighted by molar-refractivity contribution is 0.0777. The van der Waals surface area contributed by atoms with Crippen LogP contribution in [0.4, 0.5) is 15.1 Å². The zero-order valence-electron chi connectivity index (χ0n) is 13.0. The maximum absolute atomic E-state index is 14.7. The highest BCUT2D eigenvalue weighted by Gasteiger charge is 2.42. The van der Waals surface area contributed by atoms with Gasteiger partial charge >= 0.3 is 0 Å². The monoisotopic (exact) mass is 343 g/mol. The molecule has 2 unspecified atom stereocenters. The number of nitrogens with zero attached hydrogens (tertiary/aromatic N) is 3. The number of aliphatic imine (C=N–C) groups is 2. The zero-order valence-corrected chi connectivity index (χ0v) is 13.8. The molecule has 1 aromatic heterocycles. The highest BCUT2D eigenvalue weighted by molar-refractivity contribution is 7.13. The number of benzene rings is 1. The number of nitrogens with one attached hydrogen (secondary N) is 1. The molecule has 1 spiro atoms. The van der Waals surface area contributed by atoms with Gasteiger partial charge in [0.05, 0.1) is 6.34 Å². The van der Waals surface area contributed by atoms with Crippen molar-refractivity contribution in [1.82, 2.24) is 4.90 Å². The fourth-order valence-corrected chi connectivity index (χ4v) is 3.72. The van der Waals surface area contributed by atoms with Gasteiger partial charge < -0.3 is 16.0 Å². The van der Waals surface area contributed by atoms with Gasteiger partial charge in [0.15, 0.2) is 6.30 Å². The highest BCUT2D eigenvalue weighted by atomic mass is 32.1. The number of nitrogens with two attached hydrogens (primary N) is 1. The van der Waals surface area contributed by atoms with Crippen LogP contribution in [0.1, 0.15) is 18.4 Å². The van der Waals surface area contributed by atoms with E-state index in [9.17, 15) is 4.39 Å². The number of rotatable bonds is 2. The Bertz CT molecular complexity index is 788. The molecule has 0 amide bonds. The molecule has 2 atom stereocenters. The molecule has 1 aromatic carbocycles. The van der Waals surface area contributed by atoms with E-state index in [0.717, 1.165) is 16.3 Å². The molecule has 0 radical (unpaired) electrons. The topological polar surface area (TPSA) is 66.0 Å². The van der Waals surface area contributed by atoms with Gasteiger partial charge in [-0.3, -0.25) is 0 Å². The molecular formula is C17H18FN5S. The first kappa shape index (κ1) is 15.1. The third-order valence-corrected chi connectivity index (χ3v) is 5.17. The number of fused-ring (bicyclic) bond motifs is 1. The Balaban J connectivity index is 1.52. The Labute approximate surface area is 143 Å². The molecule has 7 heteroatoms. The maximum atomic E-state index is 14.7. The lowest BCUT2D eigenvalue weighted by Gasteiger charge is -2.43. The minimum Gasteiger partial charge on any atom is -0.383 e. The third-order valence-electron chi connectivity index (χ3n) is 4.39. The molecule has 5 nitrogen and oxygen atoms in total. The fraction of sp³-hybridized carbons (Fsp3) is 0.294. The highest BCUT2D eigenvalue weighted by Crippen LogP contribution is 2.36. The second kappa shape index (κ2) is 5.90. The quantitative estimate of drug-likeness (QED) is 0.499. The van der Waals surface area contributed by atoms with Crippen molar-refractivity contribution in [2.24, 2.45) is 15.7 Å². The number of piperidine rings is 1. The summed E-state index contributed by atoms with van der Waals surface area (Å²) in [6, 6.07) is 11.6. The summed E-state index contributed by atoms with van der Waals surface area (Å²) in [5, 5.41) is 6.21. The Morgan fingerprint density at radius 2 is 2.25 bits per heavy atom. The van der Waals surface area contributed by atoms with Crippen molar-refractivity contribution in [2.45, 2.75) is 24.8 Å². The summed E-state index contributed by atoms with van der Waals surface area (Å²) in [7, 11) is 0. The van der Waals surface area contributed by atoms with Crippen LogP contribution in [0.2, 0.25) is 0 Å². The summed E-state index contributed by atoms with van der Waals surface area (Å²) in [5.74, 6) is 0.470. The molecule has 0 saturated carbocycles. The van der Waals surface area contributed by atoms with E-state index in [0.29, 0.717) is 18.8 Å². The molecular weight excluding hydrogens is 325 g/mol. The van der Waals surface area contributed by atoms with Gasteiger partial charge in [0.1, 0.15) is 16.5 Å². The lowest BCUT2D eigenvalue weighted by atomic mass is 9.93. The van der Waals surface area contributed by atoms with Gasteiger partial charge in [-0.05, 0) is 29.6 Å². The van der Waals surface area contributed by atoms with Crippen LogP contribution in [0.5, 0.6) is 0 Å². The van der Waals surface area contributed by atoms with E-state index in [1.54, 1.807) is 11.2 Å². The van der Waals surface area contributed by atoms with Crippen LogP contribution in [0, 0.1) is 0 Å². The number of amidine groups is 1. The summed E-state index contributed by atoms with van der Waals surface area (Å²) in [4.78, 5) is 10.5. The molecule has 2 aliphatic rings. The lowest BCUT2D eigenvalue weighted by Crippen LogP contribution is -2.53. The Morgan fingerprint density at radius 1 is 1.38 bits per heavy atom. The van der Waals surface area contributed by atoms with E-state index in [1.807, 2.05) is 41.8 Å². The number of anilines is 1. The average Bonchev–Trinajstić information content (AvgIpc) is 3.07. The van der Waals surface area contributed by atoms with Crippen molar-refractivity contribution in [3.8, 4) is 0 Å². The van der Waals surface area contributed by atoms with Crippen LogP contribution in [0.25, 0.3) is 0 Å². The predicted octanol–water partition coefficient (Wildman–Crippen LogP) is 3.33. The molecule has 124 valence electrons. The first-order valence-corrected chi connectivity index (χ1v) is 8.74. The molecule has 0 aliphatic carbocycles. The van der Waals surface area contributed by atoms with Crippen LogP contribution >= 0.6 is 11.3 Å². The van der Waals surface area contributed by atoms with Crippen molar-refractivity contribution in [2.75, 3.05) is 11.9 Å². The van der Waals surface area contributed by atoms with Crippen molar-refractivity contribution in [1.29, 1.82) is 0 Å². The van der Waals surface area contributed by atoms with Gasteiger partial charge in [-0.25, -0.2) is 14.4 Å². The van der Waals surface area contributed by atoms with E-state index >= 15 is 0 Å². The maximum Gasteiger partial charge on any atom is 0.177 e. The van der Waals surface area contributed by atoms with Crippen molar-refractivity contribution in [3.05, 3.63) is 47.3 Å². The fourth-order valence-electron chi connectivity index (χ4n) is 3.16. The van der Waals surface area contributed by atoms with E-state index in [4.69, 9.17) is 5.73 Å². The van der Waals surface area contributed by atoms with E-state index in [2.05, 4.69) is 15.3 Å². The Morgan fingerprint density at radius 3 is 3.04 bits per heavy atom. The second-order valence-corrected chi connectivity index (χ2v) is 6.95. The van der Waals surface area contributed by atoms with Crippen LogP contribution < -0.4 is 11.1 Å². The number of likely N-dealkylation sites (tertiary alicyclic amines) is 1. The summed E-state index contributed by atoms with van der Waals surface area (Å²) in [6.45, 7) is 0.530. The van der Waals surface area contributed by atoms with E-state index in [1.165, 1.54) is 11.3 Å². The first-order chi connectivity index (χ1) is 11.7. The second-order valence-electron chi connectivity index (χ2n) is 6.02. The number of alkyl halides is 1. The summed E-state index contributed by atoms with van der Waals surface area (Å²) < 4.78 is 14.7. The van der Waals surface area contributed by atoms with Gasteiger partial charge in [0.25, 0.3) is 0 Å². The zero-order chi connectivity index (χ0) is 16.6. The Kier molecular flexibility index (Phi) is 3.72. The number of halogens is 1. The SMILES string of the molecule is NC1=NC2(CCN(C=Nc3cccs3)C(F)C2)Nc2ccccc21. The molecule has 1 fully saturated rings. The molecule has 24 heavy (non-hydrogen) atoms. The molecule has 1 saturated heterocycles. The predicted molar refractivity (Wildman–Crippen MR) is 96.8 cm³/mol. The van der Waals surface area contributed by atoms with Crippen molar-refractivity contribution in [3.63, 3.8) is 0 Å². The van der Waals surface area contributed by atoms with Gasteiger partial charge in [-0.1, -0.05) is 12.1 Å². The molecule has 2 aliphatic heterocycles. The van der Waals surface area contributed by atoms with Crippen molar-refractivity contribution >= 4 is 34.2 Å². The number of thiophene rings is 1. The number of para-hydroxylation sites is 1. The van der Waals surface area contributed by atoms with Gasteiger partial charge in [-0.15, -0.1) is 11.3 Å². The molecule has 3 N–H and O–H groups in total. The average molecular weight is 343 g/mol. The largest absolute Gasteiger partial charge is 0.383 e. The number of hydrogen-bond acceptors (Lipinski definition) is 5. The van der Waals surface area contributed by atoms with Crippen LogP contribution in [0.15, 0.2) is 51.8 Å². The smallest absolute Gasteiger partial charge is 0.177 e. The minimum atomic E-state index is -1.16. The van der Waals surface area contributed by atoms with Crippen LogP contribution in [-0.4, -0.2) is 35.6 Å².